The number of carbonyl (C=O) groups is 1. The van der Waals surface area contributed by atoms with Crippen molar-refractivity contribution in [1.29, 1.82) is 0 Å². The van der Waals surface area contributed by atoms with E-state index in [0.717, 1.165) is 24.2 Å². The molecule has 0 saturated heterocycles. The highest BCUT2D eigenvalue weighted by molar-refractivity contribution is 6.33. The van der Waals surface area contributed by atoms with Crippen molar-refractivity contribution in [1.82, 2.24) is 5.32 Å². The molecule has 1 aliphatic carbocycles. The first kappa shape index (κ1) is 19.2. The Balaban J connectivity index is 1.57. The molecule has 1 aliphatic rings. The molecular formula is C20H21ClN2O4. The van der Waals surface area contributed by atoms with Gasteiger partial charge in [-0.25, -0.2) is 0 Å². The molecule has 27 heavy (non-hydrogen) atoms. The van der Waals surface area contributed by atoms with Crippen LogP contribution in [0.1, 0.15) is 48.0 Å². The van der Waals surface area contributed by atoms with Gasteiger partial charge < -0.3 is 10.1 Å². The Morgan fingerprint density at radius 2 is 1.85 bits per heavy atom. The monoisotopic (exact) mass is 388 g/mol. The van der Waals surface area contributed by atoms with E-state index < -0.39 is 10.8 Å². The fourth-order valence-electron chi connectivity index (χ4n) is 3.14. The Morgan fingerprint density at radius 3 is 2.52 bits per heavy atom. The molecule has 0 radical (unpaired) electrons. The molecular weight excluding hydrogens is 368 g/mol. The normalized spacial score (nSPS) is 14.6. The number of non-ortho nitro benzene ring substituents is 1. The predicted octanol–water partition coefficient (Wildman–Crippen LogP) is 4.89. The number of rotatable bonds is 6. The Labute approximate surface area is 162 Å². The lowest BCUT2D eigenvalue weighted by atomic mass is 9.98. The molecule has 142 valence electrons. The summed E-state index contributed by atoms with van der Waals surface area (Å²) in [6.45, 7) is 0.293. The van der Waals surface area contributed by atoms with Gasteiger partial charge in [0, 0.05) is 18.7 Å². The minimum absolute atomic E-state index is 0.0862. The summed E-state index contributed by atoms with van der Waals surface area (Å²) >= 11 is 5.99. The molecule has 0 bridgehead atoms. The zero-order valence-corrected chi connectivity index (χ0v) is 15.6. The quantitative estimate of drug-likeness (QED) is 0.564. The number of nitro groups is 1. The highest BCUT2D eigenvalue weighted by Crippen LogP contribution is 2.24. The van der Waals surface area contributed by atoms with E-state index in [1.165, 1.54) is 37.5 Å². The summed E-state index contributed by atoms with van der Waals surface area (Å²) in [4.78, 5) is 22.6. The third-order valence-electron chi connectivity index (χ3n) is 4.64. The summed E-state index contributed by atoms with van der Waals surface area (Å²) < 4.78 is 5.99. The number of benzene rings is 2. The van der Waals surface area contributed by atoms with Gasteiger partial charge in [0.05, 0.1) is 21.6 Å². The lowest BCUT2D eigenvalue weighted by molar-refractivity contribution is -0.384. The minimum Gasteiger partial charge on any atom is -0.490 e. The van der Waals surface area contributed by atoms with Crippen LogP contribution in [0.5, 0.6) is 5.75 Å². The summed E-state index contributed by atoms with van der Waals surface area (Å²) in [7, 11) is 0. The van der Waals surface area contributed by atoms with Crippen molar-refractivity contribution < 1.29 is 14.5 Å². The SMILES string of the molecule is O=C(NCc1ccc(OC2CCCCC2)cc1)c1cc([N+](=O)[O-])ccc1Cl. The maximum atomic E-state index is 12.3. The molecule has 7 heteroatoms. The standard InChI is InChI=1S/C20H21ClN2O4/c21-19-11-8-15(23(25)26)12-18(19)20(24)22-13-14-6-9-17(10-7-14)27-16-4-2-1-3-5-16/h6-12,16H,1-5,13H2,(H,22,24). The van der Waals surface area contributed by atoms with Gasteiger partial charge in [-0.2, -0.15) is 0 Å². The largest absolute Gasteiger partial charge is 0.490 e. The van der Waals surface area contributed by atoms with E-state index in [-0.39, 0.29) is 16.3 Å². The van der Waals surface area contributed by atoms with Crippen molar-refractivity contribution in [3.05, 3.63) is 68.7 Å². The molecule has 0 aromatic heterocycles. The Hall–Kier alpha value is -2.60. The molecule has 1 amide bonds. The molecule has 6 nitrogen and oxygen atoms in total. The maximum absolute atomic E-state index is 12.3. The molecule has 0 spiro atoms. The fraction of sp³-hybridized carbons (Fsp3) is 0.350. The van der Waals surface area contributed by atoms with Crippen molar-refractivity contribution in [3.63, 3.8) is 0 Å². The third kappa shape index (κ3) is 5.20. The van der Waals surface area contributed by atoms with E-state index in [2.05, 4.69) is 5.32 Å². The first-order valence-electron chi connectivity index (χ1n) is 9.00. The van der Waals surface area contributed by atoms with Crippen molar-refractivity contribution in [3.8, 4) is 5.75 Å². The van der Waals surface area contributed by atoms with Crippen LogP contribution in [0, 0.1) is 10.1 Å². The molecule has 3 rings (SSSR count). The molecule has 1 fully saturated rings. The number of nitrogens with one attached hydrogen (secondary N) is 1. The van der Waals surface area contributed by atoms with E-state index in [1.54, 1.807) is 0 Å². The Morgan fingerprint density at radius 1 is 1.15 bits per heavy atom. The second kappa shape index (κ2) is 8.86. The van der Waals surface area contributed by atoms with E-state index >= 15 is 0 Å². The number of halogens is 1. The molecule has 0 atom stereocenters. The average Bonchev–Trinajstić information content (AvgIpc) is 2.68. The summed E-state index contributed by atoms with van der Waals surface area (Å²) in [6.07, 6.45) is 6.21. The van der Waals surface area contributed by atoms with Gasteiger partial charge in [-0.15, -0.1) is 0 Å². The van der Waals surface area contributed by atoms with Crippen molar-refractivity contribution in [2.24, 2.45) is 0 Å². The molecule has 1 N–H and O–H groups in total. The highest BCUT2D eigenvalue weighted by Gasteiger charge is 2.16. The number of hydrogen-bond donors (Lipinski definition) is 1. The lowest BCUT2D eigenvalue weighted by Crippen LogP contribution is -2.23. The minimum atomic E-state index is -0.557. The van der Waals surface area contributed by atoms with Crippen molar-refractivity contribution >= 4 is 23.2 Å². The van der Waals surface area contributed by atoms with Crippen LogP contribution in [-0.2, 0) is 6.54 Å². The predicted molar refractivity (Wildman–Crippen MR) is 103 cm³/mol. The smallest absolute Gasteiger partial charge is 0.270 e. The molecule has 0 heterocycles. The molecule has 2 aromatic carbocycles. The van der Waals surface area contributed by atoms with Crippen LogP contribution in [0.25, 0.3) is 0 Å². The van der Waals surface area contributed by atoms with Gasteiger partial charge in [-0.3, -0.25) is 14.9 Å². The first-order valence-corrected chi connectivity index (χ1v) is 9.38. The topological polar surface area (TPSA) is 81.5 Å². The second-order valence-corrected chi connectivity index (χ2v) is 7.03. The number of hydrogen-bond acceptors (Lipinski definition) is 4. The van der Waals surface area contributed by atoms with Gasteiger partial charge in [0.25, 0.3) is 11.6 Å². The summed E-state index contributed by atoms with van der Waals surface area (Å²) in [5.41, 5.74) is 0.817. The zero-order valence-electron chi connectivity index (χ0n) is 14.8. The molecule has 2 aromatic rings. The number of nitrogens with zero attached hydrogens (tertiary/aromatic N) is 1. The van der Waals surface area contributed by atoms with Gasteiger partial charge in [0.1, 0.15) is 5.75 Å². The van der Waals surface area contributed by atoms with E-state index in [0.29, 0.717) is 12.6 Å². The van der Waals surface area contributed by atoms with E-state index in [1.807, 2.05) is 24.3 Å². The maximum Gasteiger partial charge on any atom is 0.270 e. The first-order chi connectivity index (χ1) is 13.0. The van der Waals surface area contributed by atoms with E-state index in [9.17, 15) is 14.9 Å². The van der Waals surface area contributed by atoms with Gasteiger partial charge in [0.15, 0.2) is 0 Å². The van der Waals surface area contributed by atoms with Gasteiger partial charge in [-0.05, 0) is 49.4 Å². The van der Waals surface area contributed by atoms with Gasteiger partial charge >= 0.3 is 0 Å². The molecule has 1 saturated carbocycles. The van der Waals surface area contributed by atoms with Crippen LogP contribution in [0.3, 0.4) is 0 Å². The Kier molecular flexibility index (Phi) is 6.29. The molecule has 0 unspecified atom stereocenters. The van der Waals surface area contributed by atoms with Crippen LogP contribution >= 0.6 is 11.6 Å². The number of carbonyl (C=O) groups excluding carboxylic acids is 1. The highest BCUT2D eigenvalue weighted by atomic mass is 35.5. The lowest BCUT2D eigenvalue weighted by Gasteiger charge is -2.23. The van der Waals surface area contributed by atoms with Gasteiger partial charge in [-0.1, -0.05) is 30.2 Å². The van der Waals surface area contributed by atoms with Crippen LogP contribution in [0.15, 0.2) is 42.5 Å². The zero-order chi connectivity index (χ0) is 19.2. The number of amides is 1. The summed E-state index contributed by atoms with van der Waals surface area (Å²) in [5, 5.41) is 13.8. The average molecular weight is 389 g/mol. The van der Waals surface area contributed by atoms with Crippen molar-refractivity contribution in [2.75, 3.05) is 0 Å². The van der Waals surface area contributed by atoms with Crippen LogP contribution in [0.4, 0.5) is 5.69 Å². The molecule has 0 aliphatic heterocycles. The van der Waals surface area contributed by atoms with Crippen LogP contribution < -0.4 is 10.1 Å². The Bertz CT molecular complexity index is 817. The van der Waals surface area contributed by atoms with Crippen LogP contribution in [-0.4, -0.2) is 16.9 Å². The summed E-state index contributed by atoms with van der Waals surface area (Å²) in [6, 6.07) is 11.4. The second-order valence-electron chi connectivity index (χ2n) is 6.63. The fourth-order valence-corrected chi connectivity index (χ4v) is 3.34. The van der Waals surface area contributed by atoms with Crippen molar-refractivity contribution in [2.45, 2.75) is 44.8 Å². The van der Waals surface area contributed by atoms with Gasteiger partial charge in [0.2, 0.25) is 0 Å². The number of nitro benzene ring substituents is 1. The summed E-state index contributed by atoms with van der Waals surface area (Å²) in [5.74, 6) is 0.380. The third-order valence-corrected chi connectivity index (χ3v) is 4.97. The van der Waals surface area contributed by atoms with Crippen LogP contribution in [0.2, 0.25) is 5.02 Å². The van der Waals surface area contributed by atoms with E-state index in [4.69, 9.17) is 16.3 Å². The number of ether oxygens (including phenoxy) is 1.